The van der Waals surface area contributed by atoms with Crippen LogP contribution in [0, 0.1) is 0 Å². The van der Waals surface area contributed by atoms with Crippen LogP contribution >= 0.6 is 11.8 Å². The molecule has 0 atom stereocenters. The Bertz CT molecular complexity index is 681. The molecule has 2 aromatic carbocycles. The molecule has 114 valence electrons. The van der Waals surface area contributed by atoms with Crippen molar-refractivity contribution in [2.45, 2.75) is 37.5 Å². The van der Waals surface area contributed by atoms with E-state index in [1.165, 1.54) is 40.8 Å². The van der Waals surface area contributed by atoms with Crippen LogP contribution in [0.1, 0.15) is 30.0 Å². The van der Waals surface area contributed by atoms with Crippen LogP contribution in [0.4, 0.5) is 5.69 Å². The summed E-state index contributed by atoms with van der Waals surface area (Å²) in [6.07, 6.45) is 4.62. The number of anilines is 1. The van der Waals surface area contributed by atoms with Gasteiger partial charge in [-0.25, -0.2) is 0 Å². The SMILES string of the molecule is CCc1cccc(NC(=O)CSc2ccc3c(c2)CCC3)c1. The molecule has 3 rings (SSSR count). The molecule has 1 amide bonds. The molecule has 0 heterocycles. The van der Waals surface area contributed by atoms with Crippen molar-refractivity contribution in [1.82, 2.24) is 0 Å². The Hall–Kier alpha value is -1.74. The Morgan fingerprint density at radius 2 is 2.00 bits per heavy atom. The van der Waals surface area contributed by atoms with E-state index in [-0.39, 0.29) is 5.91 Å². The number of hydrogen-bond donors (Lipinski definition) is 1. The second-order valence-corrected chi connectivity index (χ2v) is 6.72. The van der Waals surface area contributed by atoms with Gasteiger partial charge in [-0.1, -0.05) is 25.1 Å². The Morgan fingerprint density at radius 3 is 2.86 bits per heavy atom. The molecule has 0 aromatic heterocycles. The summed E-state index contributed by atoms with van der Waals surface area (Å²) in [7, 11) is 0. The summed E-state index contributed by atoms with van der Waals surface area (Å²) < 4.78 is 0. The predicted molar refractivity (Wildman–Crippen MR) is 93.6 cm³/mol. The zero-order valence-electron chi connectivity index (χ0n) is 12.9. The minimum absolute atomic E-state index is 0.0544. The number of amides is 1. The lowest BCUT2D eigenvalue weighted by Gasteiger charge is -2.07. The van der Waals surface area contributed by atoms with Gasteiger partial charge in [-0.15, -0.1) is 11.8 Å². The van der Waals surface area contributed by atoms with E-state index >= 15 is 0 Å². The molecule has 0 bridgehead atoms. The van der Waals surface area contributed by atoms with Gasteiger partial charge in [0.25, 0.3) is 0 Å². The third-order valence-corrected chi connectivity index (χ3v) is 5.05. The maximum atomic E-state index is 12.1. The Kier molecular flexibility index (Phi) is 4.84. The van der Waals surface area contributed by atoms with E-state index in [4.69, 9.17) is 0 Å². The van der Waals surface area contributed by atoms with Gasteiger partial charge in [-0.3, -0.25) is 4.79 Å². The average Bonchev–Trinajstić information content (AvgIpc) is 3.00. The molecule has 0 spiro atoms. The monoisotopic (exact) mass is 311 g/mol. The van der Waals surface area contributed by atoms with Crippen molar-refractivity contribution < 1.29 is 4.79 Å². The van der Waals surface area contributed by atoms with Crippen molar-refractivity contribution in [3.8, 4) is 0 Å². The predicted octanol–water partition coefficient (Wildman–Crippen LogP) is 4.47. The van der Waals surface area contributed by atoms with E-state index in [1.54, 1.807) is 11.8 Å². The minimum Gasteiger partial charge on any atom is -0.325 e. The second-order valence-electron chi connectivity index (χ2n) is 5.67. The first kappa shape index (κ1) is 15.2. The fourth-order valence-corrected chi connectivity index (χ4v) is 3.61. The lowest BCUT2D eigenvalue weighted by atomic mass is 10.1. The van der Waals surface area contributed by atoms with Crippen molar-refractivity contribution in [3.63, 3.8) is 0 Å². The number of carbonyl (C=O) groups is 1. The first-order valence-corrected chi connectivity index (χ1v) is 8.86. The van der Waals surface area contributed by atoms with Gasteiger partial charge in [0, 0.05) is 10.6 Å². The second kappa shape index (κ2) is 7.01. The quantitative estimate of drug-likeness (QED) is 0.826. The van der Waals surface area contributed by atoms with E-state index in [1.807, 2.05) is 18.2 Å². The van der Waals surface area contributed by atoms with Crippen molar-refractivity contribution in [1.29, 1.82) is 0 Å². The molecular formula is C19H21NOS. The maximum absolute atomic E-state index is 12.1. The number of benzene rings is 2. The van der Waals surface area contributed by atoms with E-state index in [0.29, 0.717) is 5.75 Å². The number of thioether (sulfide) groups is 1. The van der Waals surface area contributed by atoms with Gasteiger partial charge in [0.15, 0.2) is 0 Å². The van der Waals surface area contributed by atoms with Crippen LogP contribution < -0.4 is 5.32 Å². The van der Waals surface area contributed by atoms with Crippen molar-refractivity contribution in [3.05, 3.63) is 59.2 Å². The van der Waals surface area contributed by atoms with Crippen LogP contribution in [-0.2, 0) is 24.1 Å². The van der Waals surface area contributed by atoms with E-state index in [9.17, 15) is 4.79 Å². The van der Waals surface area contributed by atoms with Crippen LogP contribution in [0.25, 0.3) is 0 Å². The van der Waals surface area contributed by atoms with E-state index in [2.05, 4.69) is 36.5 Å². The van der Waals surface area contributed by atoms with Gasteiger partial charge in [0.05, 0.1) is 5.75 Å². The van der Waals surface area contributed by atoms with Gasteiger partial charge < -0.3 is 5.32 Å². The lowest BCUT2D eigenvalue weighted by molar-refractivity contribution is -0.113. The smallest absolute Gasteiger partial charge is 0.234 e. The first-order chi connectivity index (χ1) is 10.7. The molecule has 2 aromatic rings. The van der Waals surface area contributed by atoms with E-state index < -0.39 is 0 Å². The third kappa shape index (κ3) is 3.72. The summed E-state index contributed by atoms with van der Waals surface area (Å²) in [6, 6.07) is 14.7. The number of fused-ring (bicyclic) bond motifs is 1. The number of aryl methyl sites for hydroxylation is 3. The molecule has 22 heavy (non-hydrogen) atoms. The molecule has 1 N–H and O–H groups in total. The summed E-state index contributed by atoms with van der Waals surface area (Å²) in [5.41, 5.74) is 5.06. The fraction of sp³-hybridized carbons (Fsp3) is 0.316. The largest absolute Gasteiger partial charge is 0.325 e. The highest BCUT2D eigenvalue weighted by atomic mass is 32.2. The summed E-state index contributed by atoms with van der Waals surface area (Å²) in [6.45, 7) is 2.12. The third-order valence-electron chi connectivity index (χ3n) is 4.06. The van der Waals surface area contributed by atoms with Crippen molar-refractivity contribution >= 4 is 23.4 Å². The molecule has 1 aliphatic carbocycles. The molecule has 0 fully saturated rings. The number of hydrogen-bond acceptors (Lipinski definition) is 2. The summed E-state index contributed by atoms with van der Waals surface area (Å²) in [5.74, 6) is 0.508. The molecule has 0 aliphatic heterocycles. The van der Waals surface area contributed by atoms with Crippen LogP contribution in [-0.4, -0.2) is 11.7 Å². The van der Waals surface area contributed by atoms with Gasteiger partial charge in [-0.2, -0.15) is 0 Å². The molecule has 0 radical (unpaired) electrons. The van der Waals surface area contributed by atoms with Crippen LogP contribution in [0.15, 0.2) is 47.4 Å². The summed E-state index contributed by atoms with van der Waals surface area (Å²) in [5, 5.41) is 2.98. The summed E-state index contributed by atoms with van der Waals surface area (Å²) >= 11 is 1.61. The molecular weight excluding hydrogens is 290 g/mol. The molecule has 0 unspecified atom stereocenters. The molecule has 1 aliphatic rings. The zero-order valence-corrected chi connectivity index (χ0v) is 13.7. The molecule has 2 nitrogen and oxygen atoms in total. The standard InChI is InChI=1S/C19H21NOS/c1-2-14-5-3-8-17(11-14)20-19(21)13-22-18-10-9-15-6-4-7-16(15)12-18/h3,5,8-12H,2,4,6-7,13H2,1H3,(H,20,21). The van der Waals surface area contributed by atoms with Crippen molar-refractivity contribution in [2.24, 2.45) is 0 Å². The van der Waals surface area contributed by atoms with Gasteiger partial charge >= 0.3 is 0 Å². The van der Waals surface area contributed by atoms with E-state index in [0.717, 1.165) is 12.1 Å². The molecule has 0 saturated carbocycles. The average molecular weight is 311 g/mol. The topological polar surface area (TPSA) is 29.1 Å². The Balaban J connectivity index is 1.56. The highest BCUT2D eigenvalue weighted by Gasteiger charge is 2.11. The van der Waals surface area contributed by atoms with Gasteiger partial charge in [-0.05, 0) is 66.6 Å². The first-order valence-electron chi connectivity index (χ1n) is 7.88. The summed E-state index contributed by atoms with van der Waals surface area (Å²) in [4.78, 5) is 13.3. The van der Waals surface area contributed by atoms with Crippen LogP contribution in [0.3, 0.4) is 0 Å². The highest BCUT2D eigenvalue weighted by molar-refractivity contribution is 8.00. The van der Waals surface area contributed by atoms with Crippen LogP contribution in [0.5, 0.6) is 0 Å². The Labute approximate surface area is 136 Å². The molecule has 0 saturated heterocycles. The minimum atomic E-state index is 0.0544. The number of carbonyl (C=O) groups excluding carboxylic acids is 1. The normalized spacial score (nSPS) is 13.0. The fourth-order valence-electron chi connectivity index (χ4n) is 2.85. The Morgan fingerprint density at radius 1 is 1.14 bits per heavy atom. The van der Waals surface area contributed by atoms with Crippen LogP contribution in [0.2, 0.25) is 0 Å². The highest BCUT2D eigenvalue weighted by Crippen LogP contribution is 2.27. The van der Waals surface area contributed by atoms with Gasteiger partial charge in [0.1, 0.15) is 0 Å². The van der Waals surface area contributed by atoms with Crippen molar-refractivity contribution in [2.75, 3.05) is 11.1 Å². The number of nitrogens with one attached hydrogen (secondary N) is 1. The maximum Gasteiger partial charge on any atom is 0.234 e. The molecule has 3 heteroatoms. The number of rotatable bonds is 5. The zero-order chi connectivity index (χ0) is 15.4. The van der Waals surface area contributed by atoms with Gasteiger partial charge in [0.2, 0.25) is 5.91 Å². The lowest BCUT2D eigenvalue weighted by Crippen LogP contribution is -2.14.